The summed E-state index contributed by atoms with van der Waals surface area (Å²) in [5.41, 5.74) is 0. The zero-order valence-electron chi connectivity index (χ0n) is 8.62. The molecular weight excluding hydrogens is 259 g/mol. The van der Waals surface area contributed by atoms with Crippen molar-refractivity contribution in [3.8, 4) is 0 Å². The molecule has 0 saturated heterocycles. The molecule has 10 heteroatoms. The molecule has 0 aliphatic rings. The van der Waals surface area contributed by atoms with Gasteiger partial charge >= 0.3 is 13.6 Å². The first kappa shape index (κ1) is 16.5. The van der Waals surface area contributed by atoms with Gasteiger partial charge in [-0.25, -0.2) is 4.79 Å². The van der Waals surface area contributed by atoms with Crippen molar-refractivity contribution in [3.63, 3.8) is 0 Å². The van der Waals surface area contributed by atoms with Crippen LogP contribution in [-0.4, -0.2) is 71.9 Å². The van der Waals surface area contributed by atoms with E-state index in [9.17, 15) is 19.6 Å². The molecule has 7 N–H and O–H groups in total. The molecule has 0 heterocycles. The maximum Gasteiger partial charge on any atom is 0.335 e. The van der Waals surface area contributed by atoms with Crippen LogP contribution in [0.4, 0.5) is 0 Å². The van der Waals surface area contributed by atoms with Gasteiger partial charge in [0.1, 0.15) is 12.2 Å². The minimum Gasteiger partial charge on any atom is -0.479 e. The fraction of sp³-hybridized carbons (Fsp3) is 0.857. The summed E-state index contributed by atoms with van der Waals surface area (Å²) in [7, 11) is -4.36. The molecule has 102 valence electrons. The minimum absolute atomic E-state index is 0.547. The van der Waals surface area contributed by atoms with Crippen LogP contribution >= 0.6 is 7.60 Å². The zero-order chi connectivity index (χ0) is 13.8. The Kier molecular flexibility index (Phi) is 6.20. The SMILES string of the molecule is O=C(O)[C@H](O)[C@@H](O)[C@H](O)[C@H](O)CCP(=O)(O)O. The number of aliphatic carboxylic acids is 1. The second-order valence-corrected chi connectivity index (χ2v) is 5.29. The highest BCUT2D eigenvalue weighted by Crippen LogP contribution is 2.35. The maximum absolute atomic E-state index is 10.5. The van der Waals surface area contributed by atoms with E-state index in [-0.39, 0.29) is 0 Å². The number of carbonyl (C=O) groups is 1. The van der Waals surface area contributed by atoms with E-state index in [1.54, 1.807) is 0 Å². The molecule has 0 aliphatic heterocycles. The molecule has 0 spiro atoms. The van der Waals surface area contributed by atoms with E-state index < -0.39 is 50.6 Å². The van der Waals surface area contributed by atoms with Crippen molar-refractivity contribution in [2.24, 2.45) is 0 Å². The summed E-state index contributed by atoms with van der Waals surface area (Å²) in [5.74, 6) is -1.79. The Balaban J connectivity index is 4.34. The Morgan fingerprint density at radius 1 is 1.06 bits per heavy atom. The molecule has 0 aliphatic carbocycles. The molecular formula is C7H15O9P. The highest BCUT2D eigenvalue weighted by molar-refractivity contribution is 7.51. The van der Waals surface area contributed by atoms with Gasteiger partial charge in [-0.1, -0.05) is 0 Å². The van der Waals surface area contributed by atoms with E-state index in [2.05, 4.69) is 0 Å². The number of aliphatic hydroxyl groups excluding tert-OH is 4. The van der Waals surface area contributed by atoms with E-state index in [0.717, 1.165) is 0 Å². The summed E-state index contributed by atoms with van der Waals surface area (Å²) in [5, 5.41) is 44.8. The molecule has 0 fully saturated rings. The summed E-state index contributed by atoms with van der Waals surface area (Å²) in [4.78, 5) is 27.3. The lowest BCUT2D eigenvalue weighted by atomic mass is 10.0. The number of carboxylic acids is 1. The lowest BCUT2D eigenvalue weighted by molar-refractivity contribution is -0.162. The molecule has 4 atom stereocenters. The lowest BCUT2D eigenvalue weighted by Gasteiger charge is -2.24. The fourth-order valence-electron chi connectivity index (χ4n) is 1.03. The van der Waals surface area contributed by atoms with E-state index in [4.69, 9.17) is 25.1 Å². The minimum atomic E-state index is -4.36. The predicted molar refractivity (Wildman–Crippen MR) is 53.2 cm³/mol. The Bertz CT molecular complexity index is 300. The van der Waals surface area contributed by atoms with Crippen molar-refractivity contribution in [3.05, 3.63) is 0 Å². The van der Waals surface area contributed by atoms with Crippen LogP contribution < -0.4 is 0 Å². The Morgan fingerprint density at radius 2 is 1.53 bits per heavy atom. The average Bonchev–Trinajstić information content (AvgIpc) is 2.21. The largest absolute Gasteiger partial charge is 0.479 e. The predicted octanol–water partition coefficient (Wildman–Crippen LogP) is -2.92. The third-order valence-electron chi connectivity index (χ3n) is 2.04. The molecule has 0 radical (unpaired) electrons. The lowest BCUT2D eigenvalue weighted by Crippen LogP contribution is -2.47. The van der Waals surface area contributed by atoms with Gasteiger partial charge in [0.15, 0.2) is 6.10 Å². The van der Waals surface area contributed by atoms with Crippen LogP contribution in [0.1, 0.15) is 6.42 Å². The number of hydrogen-bond donors (Lipinski definition) is 7. The van der Waals surface area contributed by atoms with Crippen molar-refractivity contribution < 1.29 is 44.7 Å². The Hall–Kier alpha value is -0.540. The monoisotopic (exact) mass is 274 g/mol. The molecule has 0 aromatic carbocycles. The first-order chi connectivity index (χ1) is 7.56. The molecule has 0 amide bonds. The summed E-state index contributed by atoms with van der Waals surface area (Å²) >= 11 is 0. The smallest absolute Gasteiger partial charge is 0.335 e. The topological polar surface area (TPSA) is 176 Å². The fourth-order valence-corrected chi connectivity index (χ4v) is 1.63. The van der Waals surface area contributed by atoms with Crippen molar-refractivity contribution in [2.45, 2.75) is 30.8 Å². The third kappa shape index (κ3) is 6.08. The van der Waals surface area contributed by atoms with Gasteiger partial charge in [0.05, 0.1) is 12.3 Å². The van der Waals surface area contributed by atoms with Crippen molar-refractivity contribution in [1.29, 1.82) is 0 Å². The molecule has 17 heavy (non-hydrogen) atoms. The van der Waals surface area contributed by atoms with Crippen LogP contribution in [0.5, 0.6) is 0 Å². The summed E-state index contributed by atoms with van der Waals surface area (Å²) in [6, 6.07) is 0. The summed E-state index contributed by atoms with van der Waals surface area (Å²) in [6.45, 7) is 0. The normalized spacial score (nSPS) is 19.4. The van der Waals surface area contributed by atoms with Crippen LogP contribution in [-0.2, 0) is 9.36 Å². The molecule has 0 unspecified atom stereocenters. The molecule has 0 aromatic heterocycles. The van der Waals surface area contributed by atoms with Crippen molar-refractivity contribution >= 4 is 13.6 Å². The van der Waals surface area contributed by atoms with E-state index >= 15 is 0 Å². The second-order valence-electron chi connectivity index (χ2n) is 3.51. The van der Waals surface area contributed by atoms with Gasteiger partial charge < -0.3 is 35.3 Å². The number of carboxylic acid groups (broad SMARTS) is 1. The Morgan fingerprint density at radius 3 is 1.88 bits per heavy atom. The molecule has 0 bridgehead atoms. The molecule has 0 aromatic rings. The van der Waals surface area contributed by atoms with Crippen LogP contribution in [0.15, 0.2) is 0 Å². The average molecular weight is 274 g/mol. The number of hydrogen-bond acceptors (Lipinski definition) is 6. The van der Waals surface area contributed by atoms with Crippen LogP contribution in [0.2, 0.25) is 0 Å². The van der Waals surface area contributed by atoms with Crippen LogP contribution in [0.3, 0.4) is 0 Å². The maximum atomic E-state index is 10.5. The van der Waals surface area contributed by atoms with Gasteiger partial charge in [0.2, 0.25) is 0 Å². The van der Waals surface area contributed by atoms with Gasteiger partial charge in [-0.15, -0.1) is 0 Å². The van der Waals surface area contributed by atoms with Crippen LogP contribution in [0, 0.1) is 0 Å². The zero-order valence-corrected chi connectivity index (χ0v) is 9.51. The first-order valence-electron chi connectivity index (χ1n) is 4.56. The van der Waals surface area contributed by atoms with Gasteiger partial charge in [0.25, 0.3) is 0 Å². The van der Waals surface area contributed by atoms with E-state index in [0.29, 0.717) is 0 Å². The van der Waals surface area contributed by atoms with Gasteiger partial charge in [0, 0.05) is 0 Å². The summed E-state index contributed by atoms with van der Waals surface area (Å²) < 4.78 is 10.5. The first-order valence-corrected chi connectivity index (χ1v) is 6.35. The standard InChI is InChI=1S/C7H15O9P/c8-3(1-2-17(14,15)16)4(9)5(10)6(11)7(12)13/h3-6,8-11H,1-2H2,(H,12,13)(H2,14,15,16)/t3-,4-,5+,6-/m1/s1. The highest BCUT2D eigenvalue weighted by atomic mass is 31.2. The van der Waals surface area contributed by atoms with E-state index in [1.807, 2.05) is 0 Å². The van der Waals surface area contributed by atoms with Gasteiger partial charge in [-0.05, 0) is 6.42 Å². The second kappa shape index (κ2) is 6.41. The summed E-state index contributed by atoms with van der Waals surface area (Å²) in [6.07, 6.45) is -9.51. The quantitative estimate of drug-likeness (QED) is 0.240. The number of aliphatic hydroxyl groups is 4. The van der Waals surface area contributed by atoms with E-state index in [1.165, 1.54) is 0 Å². The van der Waals surface area contributed by atoms with Crippen LogP contribution in [0.25, 0.3) is 0 Å². The number of rotatable bonds is 7. The van der Waals surface area contributed by atoms with Crippen molar-refractivity contribution in [2.75, 3.05) is 6.16 Å². The van der Waals surface area contributed by atoms with Gasteiger partial charge in [-0.3, -0.25) is 4.57 Å². The Labute approximate surface area is 96.1 Å². The molecule has 0 saturated carbocycles. The van der Waals surface area contributed by atoms with Crippen molar-refractivity contribution in [1.82, 2.24) is 0 Å². The molecule has 0 rings (SSSR count). The third-order valence-corrected chi connectivity index (χ3v) is 2.88. The van der Waals surface area contributed by atoms with Gasteiger partial charge in [-0.2, -0.15) is 0 Å². The highest BCUT2D eigenvalue weighted by Gasteiger charge is 2.34. The molecule has 9 nitrogen and oxygen atoms in total.